The number of anilines is 1. The molecule has 0 atom stereocenters. The van der Waals surface area contributed by atoms with Crippen molar-refractivity contribution in [2.45, 2.75) is 26.4 Å². The molecule has 0 saturated carbocycles. The molecular weight excluding hydrogens is 296 g/mol. The Morgan fingerprint density at radius 1 is 1.17 bits per heavy atom. The zero-order valence-corrected chi connectivity index (χ0v) is 13.0. The molecule has 0 aliphatic heterocycles. The summed E-state index contributed by atoms with van der Waals surface area (Å²) in [6, 6.07) is 13.3. The molecule has 0 saturated heterocycles. The third-order valence-corrected chi connectivity index (χ3v) is 3.06. The van der Waals surface area contributed by atoms with Crippen molar-refractivity contribution >= 4 is 17.3 Å². The minimum Gasteiger partial charge on any atom is -0.489 e. The van der Waals surface area contributed by atoms with E-state index in [0.29, 0.717) is 17.0 Å². The zero-order valence-electron chi connectivity index (χ0n) is 13.0. The van der Waals surface area contributed by atoms with Crippen molar-refractivity contribution in [3.05, 3.63) is 64.2 Å². The maximum atomic E-state index is 12.2. The number of rotatable bonds is 6. The van der Waals surface area contributed by atoms with Crippen LogP contribution in [0, 0.1) is 10.1 Å². The van der Waals surface area contributed by atoms with Crippen LogP contribution in [-0.4, -0.2) is 16.9 Å². The lowest BCUT2D eigenvalue weighted by Gasteiger charge is -2.14. The zero-order chi connectivity index (χ0) is 16.8. The van der Waals surface area contributed by atoms with E-state index in [1.165, 1.54) is 6.07 Å². The third kappa shape index (κ3) is 4.54. The first-order valence-corrected chi connectivity index (χ1v) is 7.25. The Morgan fingerprint density at radius 3 is 2.52 bits per heavy atom. The Hall–Kier alpha value is -2.89. The summed E-state index contributed by atoms with van der Waals surface area (Å²) in [5, 5.41) is 13.7. The molecule has 0 bridgehead atoms. The number of nitrogens with zero attached hydrogens (tertiary/aromatic N) is 1. The Balaban J connectivity index is 2.13. The van der Waals surface area contributed by atoms with Crippen LogP contribution in [0.15, 0.2) is 48.5 Å². The lowest BCUT2D eigenvalue weighted by Crippen LogP contribution is -2.17. The molecule has 1 N–H and O–H groups in total. The van der Waals surface area contributed by atoms with Crippen molar-refractivity contribution in [2.24, 2.45) is 0 Å². The van der Waals surface area contributed by atoms with E-state index in [-0.39, 0.29) is 24.1 Å². The normalized spacial score (nSPS) is 10.4. The predicted molar refractivity (Wildman–Crippen MR) is 87.6 cm³/mol. The van der Waals surface area contributed by atoms with Crippen molar-refractivity contribution in [2.75, 3.05) is 5.32 Å². The minimum atomic E-state index is -0.488. The summed E-state index contributed by atoms with van der Waals surface area (Å²) in [7, 11) is 0. The number of amides is 1. The van der Waals surface area contributed by atoms with Gasteiger partial charge in [-0.2, -0.15) is 0 Å². The molecule has 0 fully saturated rings. The van der Waals surface area contributed by atoms with Gasteiger partial charge in [-0.1, -0.05) is 30.3 Å². The smallest absolute Gasteiger partial charge is 0.273 e. The van der Waals surface area contributed by atoms with E-state index >= 15 is 0 Å². The molecule has 0 aliphatic rings. The molecule has 0 radical (unpaired) electrons. The van der Waals surface area contributed by atoms with Crippen molar-refractivity contribution in [3.8, 4) is 5.75 Å². The molecular formula is C17H18N2O4. The molecule has 0 heterocycles. The van der Waals surface area contributed by atoms with E-state index < -0.39 is 4.92 Å². The van der Waals surface area contributed by atoms with Gasteiger partial charge in [-0.25, -0.2) is 0 Å². The number of carbonyl (C=O) groups is 1. The number of benzene rings is 2. The van der Waals surface area contributed by atoms with Gasteiger partial charge in [0, 0.05) is 11.6 Å². The number of carbonyl (C=O) groups excluding carboxylic acids is 1. The molecule has 0 spiro atoms. The molecule has 1 amide bonds. The second-order valence-corrected chi connectivity index (χ2v) is 5.27. The first kappa shape index (κ1) is 16.5. The van der Waals surface area contributed by atoms with E-state index in [4.69, 9.17) is 4.74 Å². The van der Waals surface area contributed by atoms with E-state index in [1.54, 1.807) is 36.4 Å². The molecule has 6 nitrogen and oxygen atoms in total. The van der Waals surface area contributed by atoms with Gasteiger partial charge in [0.25, 0.3) is 5.69 Å². The van der Waals surface area contributed by atoms with Crippen LogP contribution in [0.3, 0.4) is 0 Å². The highest BCUT2D eigenvalue weighted by Gasteiger charge is 2.16. The number of ether oxygens (including phenoxy) is 1. The lowest BCUT2D eigenvalue weighted by molar-refractivity contribution is -0.385. The fraction of sp³-hybridized carbons (Fsp3) is 0.235. The van der Waals surface area contributed by atoms with Crippen LogP contribution in [0.2, 0.25) is 0 Å². The first-order valence-electron chi connectivity index (χ1n) is 7.25. The summed E-state index contributed by atoms with van der Waals surface area (Å²) in [6.45, 7) is 3.79. The maximum absolute atomic E-state index is 12.2. The SMILES string of the molecule is CC(C)Oc1ccccc1NC(=O)Cc1ccccc1[N+](=O)[O-]. The van der Waals surface area contributed by atoms with Crippen molar-refractivity contribution in [3.63, 3.8) is 0 Å². The molecule has 23 heavy (non-hydrogen) atoms. The molecule has 0 aromatic heterocycles. The van der Waals surface area contributed by atoms with Gasteiger partial charge < -0.3 is 10.1 Å². The molecule has 0 unspecified atom stereocenters. The summed E-state index contributed by atoms with van der Waals surface area (Å²) in [5.41, 5.74) is 0.858. The van der Waals surface area contributed by atoms with Crippen LogP contribution in [0.1, 0.15) is 19.4 Å². The van der Waals surface area contributed by atoms with Crippen LogP contribution in [-0.2, 0) is 11.2 Å². The Kier molecular flexibility index (Phi) is 5.30. The lowest BCUT2D eigenvalue weighted by atomic mass is 10.1. The van der Waals surface area contributed by atoms with Crippen molar-refractivity contribution in [1.82, 2.24) is 0 Å². The van der Waals surface area contributed by atoms with Gasteiger partial charge >= 0.3 is 0 Å². The molecule has 0 aliphatic carbocycles. The van der Waals surface area contributed by atoms with Crippen LogP contribution in [0.4, 0.5) is 11.4 Å². The molecule has 6 heteroatoms. The second-order valence-electron chi connectivity index (χ2n) is 5.27. The van der Waals surface area contributed by atoms with E-state index in [0.717, 1.165) is 0 Å². The first-order chi connectivity index (χ1) is 11.0. The van der Waals surface area contributed by atoms with E-state index in [9.17, 15) is 14.9 Å². The van der Waals surface area contributed by atoms with E-state index in [2.05, 4.69) is 5.32 Å². The number of nitro benzene ring substituents is 1. The van der Waals surface area contributed by atoms with Gasteiger partial charge in [0.1, 0.15) is 5.75 Å². The topological polar surface area (TPSA) is 81.5 Å². The summed E-state index contributed by atoms with van der Waals surface area (Å²) in [5.74, 6) is 0.234. The van der Waals surface area contributed by atoms with Gasteiger partial charge in [-0.3, -0.25) is 14.9 Å². The summed E-state index contributed by atoms with van der Waals surface area (Å²) in [6.07, 6.45) is -0.101. The number of nitrogens with one attached hydrogen (secondary N) is 1. The molecule has 2 aromatic rings. The standard InChI is InChI=1S/C17H18N2O4/c1-12(2)23-16-10-6-4-8-14(16)18-17(20)11-13-7-3-5-9-15(13)19(21)22/h3-10,12H,11H2,1-2H3,(H,18,20). The Bertz CT molecular complexity index is 713. The van der Waals surface area contributed by atoms with Gasteiger partial charge in [0.05, 0.1) is 23.1 Å². The molecule has 2 rings (SSSR count). The van der Waals surface area contributed by atoms with Gasteiger partial charge in [-0.15, -0.1) is 0 Å². The summed E-state index contributed by atoms with van der Waals surface area (Å²) >= 11 is 0. The summed E-state index contributed by atoms with van der Waals surface area (Å²) < 4.78 is 5.64. The quantitative estimate of drug-likeness (QED) is 0.653. The number of para-hydroxylation sites is 3. The van der Waals surface area contributed by atoms with Gasteiger partial charge in [0.2, 0.25) is 5.91 Å². The van der Waals surface area contributed by atoms with Gasteiger partial charge in [0.15, 0.2) is 0 Å². The van der Waals surface area contributed by atoms with Crippen molar-refractivity contribution in [1.29, 1.82) is 0 Å². The predicted octanol–water partition coefficient (Wildman–Crippen LogP) is 3.56. The number of hydrogen-bond acceptors (Lipinski definition) is 4. The maximum Gasteiger partial charge on any atom is 0.273 e. The molecule has 120 valence electrons. The third-order valence-electron chi connectivity index (χ3n) is 3.06. The van der Waals surface area contributed by atoms with Crippen LogP contribution >= 0.6 is 0 Å². The van der Waals surface area contributed by atoms with E-state index in [1.807, 2.05) is 19.9 Å². The van der Waals surface area contributed by atoms with Crippen molar-refractivity contribution < 1.29 is 14.5 Å². The van der Waals surface area contributed by atoms with Crippen LogP contribution < -0.4 is 10.1 Å². The monoisotopic (exact) mass is 314 g/mol. The largest absolute Gasteiger partial charge is 0.489 e. The Labute approximate surface area is 134 Å². The minimum absolute atomic E-state index is 0.0248. The Morgan fingerprint density at radius 2 is 1.83 bits per heavy atom. The average Bonchev–Trinajstić information content (AvgIpc) is 2.49. The van der Waals surface area contributed by atoms with Gasteiger partial charge in [-0.05, 0) is 26.0 Å². The highest BCUT2D eigenvalue weighted by atomic mass is 16.6. The highest BCUT2D eigenvalue weighted by Crippen LogP contribution is 2.25. The average molecular weight is 314 g/mol. The highest BCUT2D eigenvalue weighted by molar-refractivity contribution is 5.94. The fourth-order valence-corrected chi connectivity index (χ4v) is 2.13. The number of nitro groups is 1. The van der Waals surface area contributed by atoms with Crippen LogP contribution in [0.25, 0.3) is 0 Å². The molecule has 2 aromatic carbocycles. The fourth-order valence-electron chi connectivity index (χ4n) is 2.13. The number of hydrogen-bond donors (Lipinski definition) is 1. The van der Waals surface area contributed by atoms with Crippen LogP contribution in [0.5, 0.6) is 5.75 Å². The summed E-state index contributed by atoms with van der Waals surface area (Å²) in [4.78, 5) is 22.7. The second kappa shape index (κ2) is 7.40.